The molecular formula is C19H26N2O2S. The van der Waals surface area contributed by atoms with E-state index in [-0.39, 0.29) is 5.78 Å². The number of carbonyl (C=O) groups excluding carboxylic acids is 1. The van der Waals surface area contributed by atoms with Gasteiger partial charge in [0.1, 0.15) is 0 Å². The average molecular weight is 346 g/mol. The number of carbonyl (C=O) groups is 1. The fourth-order valence-electron chi connectivity index (χ4n) is 2.45. The zero-order chi connectivity index (χ0) is 17.2. The van der Waals surface area contributed by atoms with Crippen LogP contribution in [0.2, 0.25) is 0 Å². The van der Waals surface area contributed by atoms with Gasteiger partial charge in [0.25, 0.3) is 0 Å². The van der Waals surface area contributed by atoms with Gasteiger partial charge in [0, 0.05) is 6.20 Å². The van der Waals surface area contributed by atoms with E-state index in [1.54, 1.807) is 18.3 Å². The summed E-state index contributed by atoms with van der Waals surface area (Å²) in [5.41, 5.74) is 0.547. The van der Waals surface area contributed by atoms with Crippen molar-refractivity contribution in [2.75, 3.05) is 27.2 Å². The van der Waals surface area contributed by atoms with Gasteiger partial charge in [-0.15, -0.1) is 11.3 Å². The summed E-state index contributed by atoms with van der Waals surface area (Å²) in [7, 11) is 4.21. The zero-order valence-corrected chi connectivity index (χ0v) is 15.3. The van der Waals surface area contributed by atoms with Crippen molar-refractivity contribution in [3.63, 3.8) is 0 Å². The van der Waals surface area contributed by atoms with E-state index in [1.165, 1.54) is 30.6 Å². The number of ether oxygens (including phenoxy) is 1. The maximum atomic E-state index is 12.5. The van der Waals surface area contributed by atoms with Crippen LogP contribution >= 0.6 is 11.3 Å². The van der Waals surface area contributed by atoms with Gasteiger partial charge in [-0.25, -0.2) is 4.98 Å². The molecule has 4 nitrogen and oxygen atoms in total. The minimum absolute atomic E-state index is 0.0169. The second-order valence-corrected chi connectivity index (χ2v) is 7.03. The Labute approximate surface area is 148 Å². The second kappa shape index (κ2) is 10.2. The molecule has 0 radical (unpaired) electrons. The lowest BCUT2D eigenvalue weighted by Crippen LogP contribution is -2.12. The van der Waals surface area contributed by atoms with E-state index >= 15 is 0 Å². The van der Waals surface area contributed by atoms with Crippen molar-refractivity contribution in [3.05, 3.63) is 46.3 Å². The predicted octanol–water partition coefficient (Wildman–Crippen LogP) is 4.27. The minimum atomic E-state index is -0.0169. The summed E-state index contributed by atoms with van der Waals surface area (Å²) >= 11 is 1.44. The largest absolute Gasteiger partial charge is 0.477 e. The molecule has 0 aliphatic carbocycles. The molecule has 0 amide bonds. The molecule has 0 saturated carbocycles. The Balaban J connectivity index is 1.74. The highest BCUT2D eigenvalue weighted by atomic mass is 32.1. The third-order valence-corrected chi connectivity index (χ3v) is 4.62. The van der Waals surface area contributed by atoms with Crippen LogP contribution in [0, 0.1) is 0 Å². The van der Waals surface area contributed by atoms with Gasteiger partial charge in [0.15, 0.2) is 0 Å². The van der Waals surface area contributed by atoms with Crippen LogP contribution in [0.5, 0.6) is 5.88 Å². The van der Waals surface area contributed by atoms with Crippen molar-refractivity contribution < 1.29 is 9.53 Å². The zero-order valence-electron chi connectivity index (χ0n) is 14.5. The molecule has 24 heavy (non-hydrogen) atoms. The van der Waals surface area contributed by atoms with Gasteiger partial charge in [0.05, 0.1) is 17.0 Å². The van der Waals surface area contributed by atoms with E-state index < -0.39 is 0 Å². The first kappa shape index (κ1) is 18.6. The number of unbranched alkanes of at least 4 members (excludes halogenated alkanes) is 4. The predicted molar refractivity (Wildman–Crippen MR) is 99.1 cm³/mol. The molecule has 0 N–H and O–H groups in total. The lowest BCUT2D eigenvalue weighted by molar-refractivity contribution is 0.103. The molecule has 2 heterocycles. The Morgan fingerprint density at radius 2 is 1.92 bits per heavy atom. The van der Waals surface area contributed by atoms with Crippen molar-refractivity contribution >= 4 is 17.1 Å². The third-order valence-electron chi connectivity index (χ3n) is 3.75. The Bertz CT molecular complexity index is 612. The molecule has 0 unspecified atom stereocenters. The highest BCUT2D eigenvalue weighted by Crippen LogP contribution is 2.21. The summed E-state index contributed by atoms with van der Waals surface area (Å²) in [6.07, 6.45) is 7.53. The molecule has 5 heteroatoms. The first-order valence-corrected chi connectivity index (χ1v) is 9.37. The fourth-order valence-corrected chi connectivity index (χ4v) is 3.13. The van der Waals surface area contributed by atoms with Gasteiger partial charge >= 0.3 is 0 Å². The van der Waals surface area contributed by atoms with E-state index in [4.69, 9.17) is 4.74 Å². The number of ketones is 1. The van der Waals surface area contributed by atoms with E-state index in [0.717, 1.165) is 19.4 Å². The van der Waals surface area contributed by atoms with Crippen molar-refractivity contribution in [3.8, 4) is 5.88 Å². The molecule has 0 saturated heterocycles. The lowest BCUT2D eigenvalue weighted by atomic mass is 10.1. The molecule has 0 atom stereocenters. The number of thiophene rings is 1. The number of hydrogen-bond acceptors (Lipinski definition) is 5. The monoisotopic (exact) mass is 346 g/mol. The summed E-state index contributed by atoms with van der Waals surface area (Å²) in [4.78, 5) is 19.6. The molecule has 2 rings (SSSR count). The van der Waals surface area contributed by atoms with Crippen LogP contribution in [0.1, 0.15) is 47.3 Å². The highest BCUT2D eigenvalue weighted by Gasteiger charge is 2.16. The Morgan fingerprint density at radius 3 is 2.67 bits per heavy atom. The third kappa shape index (κ3) is 6.06. The SMILES string of the molecule is CN(C)CCCCCCCOc1ncccc1C(=O)c1cccs1. The van der Waals surface area contributed by atoms with E-state index in [1.807, 2.05) is 17.5 Å². The fraction of sp³-hybridized carbons (Fsp3) is 0.474. The summed E-state index contributed by atoms with van der Waals surface area (Å²) in [5.74, 6) is 0.431. The lowest BCUT2D eigenvalue weighted by Gasteiger charge is -2.10. The number of hydrogen-bond donors (Lipinski definition) is 0. The number of pyridine rings is 1. The molecule has 2 aromatic heterocycles. The average Bonchev–Trinajstić information content (AvgIpc) is 3.11. The topological polar surface area (TPSA) is 42.4 Å². The maximum Gasteiger partial charge on any atom is 0.224 e. The van der Waals surface area contributed by atoms with Crippen LogP contribution in [-0.4, -0.2) is 42.9 Å². The number of nitrogens with zero attached hydrogens (tertiary/aromatic N) is 2. The molecule has 130 valence electrons. The Morgan fingerprint density at radius 1 is 1.12 bits per heavy atom. The molecule has 0 aliphatic heterocycles. The summed E-state index contributed by atoms with van der Waals surface area (Å²) in [6, 6.07) is 7.27. The first-order valence-electron chi connectivity index (χ1n) is 8.49. The van der Waals surface area contributed by atoms with Crippen LogP contribution in [0.4, 0.5) is 0 Å². The van der Waals surface area contributed by atoms with Crippen LogP contribution in [0.15, 0.2) is 35.8 Å². The van der Waals surface area contributed by atoms with Crippen molar-refractivity contribution in [2.24, 2.45) is 0 Å². The van der Waals surface area contributed by atoms with Crippen LogP contribution in [-0.2, 0) is 0 Å². The van der Waals surface area contributed by atoms with E-state index in [9.17, 15) is 4.79 Å². The summed E-state index contributed by atoms with van der Waals surface area (Å²) < 4.78 is 5.77. The molecule has 0 bridgehead atoms. The molecule has 0 aliphatic rings. The van der Waals surface area contributed by atoms with Crippen molar-refractivity contribution in [2.45, 2.75) is 32.1 Å². The highest BCUT2D eigenvalue weighted by molar-refractivity contribution is 7.12. The molecule has 0 fully saturated rings. The number of rotatable bonds is 11. The molecule has 0 spiro atoms. The van der Waals surface area contributed by atoms with Crippen molar-refractivity contribution in [1.29, 1.82) is 0 Å². The molecular weight excluding hydrogens is 320 g/mol. The van der Waals surface area contributed by atoms with E-state index in [0.29, 0.717) is 22.9 Å². The Kier molecular flexibility index (Phi) is 7.92. The van der Waals surface area contributed by atoms with Crippen LogP contribution in [0.25, 0.3) is 0 Å². The quantitative estimate of drug-likeness (QED) is 0.450. The van der Waals surface area contributed by atoms with Crippen LogP contribution < -0.4 is 4.74 Å². The van der Waals surface area contributed by atoms with Gasteiger partial charge in [-0.2, -0.15) is 0 Å². The van der Waals surface area contributed by atoms with Gasteiger partial charge < -0.3 is 9.64 Å². The van der Waals surface area contributed by atoms with Gasteiger partial charge in [-0.05, 0) is 57.1 Å². The summed E-state index contributed by atoms with van der Waals surface area (Å²) in [5, 5.41) is 1.90. The molecule has 0 aromatic carbocycles. The van der Waals surface area contributed by atoms with Crippen molar-refractivity contribution in [1.82, 2.24) is 9.88 Å². The van der Waals surface area contributed by atoms with E-state index in [2.05, 4.69) is 24.0 Å². The Hall–Kier alpha value is -1.72. The van der Waals surface area contributed by atoms with Crippen LogP contribution in [0.3, 0.4) is 0 Å². The summed E-state index contributed by atoms with van der Waals surface area (Å²) in [6.45, 7) is 1.76. The smallest absolute Gasteiger partial charge is 0.224 e. The minimum Gasteiger partial charge on any atom is -0.477 e. The first-order chi connectivity index (χ1) is 11.7. The standard InChI is InChI=1S/C19H26N2O2S/c1-21(2)13-6-4-3-5-7-14-23-19-16(10-8-12-20-19)18(22)17-11-9-15-24-17/h8-12,15H,3-7,13-14H2,1-2H3. The number of aromatic nitrogens is 1. The van der Waals surface area contributed by atoms with Gasteiger partial charge in [-0.3, -0.25) is 4.79 Å². The maximum absolute atomic E-state index is 12.5. The van der Waals surface area contributed by atoms with Gasteiger partial charge in [-0.1, -0.05) is 25.3 Å². The molecule has 2 aromatic rings. The normalized spacial score (nSPS) is 11.0. The van der Waals surface area contributed by atoms with Gasteiger partial charge in [0.2, 0.25) is 11.7 Å². The second-order valence-electron chi connectivity index (χ2n) is 6.08.